The topological polar surface area (TPSA) is 29.5 Å². The lowest BCUT2D eigenvalue weighted by atomic mass is 10.1. The number of rotatable bonds is 6. The van der Waals surface area contributed by atoms with Crippen molar-refractivity contribution in [1.29, 1.82) is 0 Å². The van der Waals surface area contributed by atoms with E-state index in [1.54, 1.807) is 48.6 Å². The van der Waals surface area contributed by atoms with E-state index in [9.17, 15) is 9.18 Å². The zero-order valence-corrected chi connectivity index (χ0v) is 16.5. The fourth-order valence-corrected chi connectivity index (χ4v) is 3.91. The smallest absolute Gasteiger partial charge is 0.266 e. The first-order chi connectivity index (χ1) is 13.0. The Labute approximate surface area is 171 Å². The molecule has 1 aliphatic heterocycles. The van der Waals surface area contributed by atoms with Crippen LogP contribution in [0.15, 0.2) is 60.0 Å². The fraction of sp³-hybridized carbons (Fsp3) is 0.100. The normalized spacial score (nSPS) is 15.5. The summed E-state index contributed by atoms with van der Waals surface area (Å²) >= 11 is 12.6. The minimum atomic E-state index is -0.335. The first-order valence-corrected chi connectivity index (χ1v) is 9.62. The molecule has 2 aromatic rings. The van der Waals surface area contributed by atoms with Crippen LogP contribution in [0.5, 0.6) is 5.75 Å². The van der Waals surface area contributed by atoms with Crippen LogP contribution in [0.25, 0.3) is 6.08 Å². The molecule has 0 bridgehead atoms. The molecular weight excluding hydrogens is 405 g/mol. The molecule has 1 fully saturated rings. The van der Waals surface area contributed by atoms with Crippen molar-refractivity contribution in [3.63, 3.8) is 0 Å². The van der Waals surface area contributed by atoms with Crippen molar-refractivity contribution in [2.45, 2.75) is 6.61 Å². The molecule has 3 rings (SSSR count). The zero-order valence-electron chi connectivity index (χ0n) is 14.2. The number of benzene rings is 2. The van der Waals surface area contributed by atoms with Crippen molar-refractivity contribution in [3.05, 3.63) is 82.0 Å². The van der Waals surface area contributed by atoms with Crippen LogP contribution < -0.4 is 4.74 Å². The van der Waals surface area contributed by atoms with Gasteiger partial charge in [0.15, 0.2) is 0 Å². The first kappa shape index (κ1) is 19.6. The Morgan fingerprint density at radius 3 is 2.81 bits per heavy atom. The van der Waals surface area contributed by atoms with Gasteiger partial charge in [-0.3, -0.25) is 9.69 Å². The number of hydrogen-bond donors (Lipinski definition) is 0. The van der Waals surface area contributed by atoms with Crippen LogP contribution in [0.2, 0.25) is 5.02 Å². The van der Waals surface area contributed by atoms with E-state index < -0.39 is 0 Å². The number of ether oxygens (including phenoxy) is 1. The third-order valence-electron chi connectivity index (χ3n) is 3.78. The number of thiocarbonyl (C=S) groups is 1. The molecule has 27 heavy (non-hydrogen) atoms. The molecule has 1 saturated heterocycles. The Hall–Kier alpha value is -2.15. The minimum absolute atomic E-state index is 0.0621. The second-order valence-electron chi connectivity index (χ2n) is 5.64. The summed E-state index contributed by atoms with van der Waals surface area (Å²) in [7, 11) is 0. The highest BCUT2D eigenvalue weighted by Crippen LogP contribution is 2.35. The van der Waals surface area contributed by atoms with E-state index in [0.717, 1.165) is 0 Å². The molecule has 3 nitrogen and oxygen atoms in total. The van der Waals surface area contributed by atoms with E-state index in [1.807, 2.05) is 0 Å². The van der Waals surface area contributed by atoms with Crippen LogP contribution in [0.4, 0.5) is 4.39 Å². The van der Waals surface area contributed by atoms with Crippen molar-refractivity contribution in [2.75, 3.05) is 6.54 Å². The summed E-state index contributed by atoms with van der Waals surface area (Å²) in [5, 5.41) is 0.501. The number of hydrogen-bond acceptors (Lipinski definition) is 4. The first-order valence-electron chi connectivity index (χ1n) is 8.01. The van der Waals surface area contributed by atoms with Gasteiger partial charge in [-0.05, 0) is 30.3 Å². The number of thioether (sulfide) groups is 1. The highest BCUT2D eigenvalue weighted by molar-refractivity contribution is 8.26. The van der Waals surface area contributed by atoms with E-state index in [2.05, 4.69) is 6.58 Å². The van der Waals surface area contributed by atoms with Crippen LogP contribution in [0, 0.1) is 5.82 Å². The zero-order chi connectivity index (χ0) is 19.4. The maximum absolute atomic E-state index is 13.8. The average molecular weight is 420 g/mol. The predicted molar refractivity (Wildman–Crippen MR) is 112 cm³/mol. The van der Waals surface area contributed by atoms with Gasteiger partial charge < -0.3 is 4.74 Å². The molecule has 0 saturated carbocycles. The molecule has 1 aliphatic rings. The summed E-state index contributed by atoms with van der Waals surface area (Å²) in [5.41, 5.74) is 1.06. The largest absolute Gasteiger partial charge is 0.488 e. The van der Waals surface area contributed by atoms with Gasteiger partial charge in [0.25, 0.3) is 5.91 Å². The maximum atomic E-state index is 13.8. The standard InChI is InChI=1S/C20H15ClFNO2S2/c1-2-9-23-19(24)18(27-20(23)26)11-14-10-15(21)7-8-17(14)25-12-13-5-3-4-6-16(13)22/h2-8,10-11H,1,9,12H2. The van der Waals surface area contributed by atoms with Gasteiger partial charge in [-0.15, -0.1) is 6.58 Å². The van der Waals surface area contributed by atoms with Gasteiger partial charge in [-0.1, -0.05) is 59.9 Å². The molecule has 7 heteroatoms. The van der Waals surface area contributed by atoms with E-state index in [1.165, 1.54) is 22.7 Å². The molecule has 0 N–H and O–H groups in total. The Morgan fingerprint density at radius 2 is 2.07 bits per heavy atom. The van der Waals surface area contributed by atoms with E-state index in [0.29, 0.717) is 37.7 Å². The monoisotopic (exact) mass is 419 g/mol. The molecule has 0 aromatic heterocycles. The van der Waals surface area contributed by atoms with Gasteiger partial charge in [0.2, 0.25) is 0 Å². The van der Waals surface area contributed by atoms with Crippen LogP contribution in [0.3, 0.4) is 0 Å². The Kier molecular flexibility index (Phi) is 6.31. The lowest BCUT2D eigenvalue weighted by Crippen LogP contribution is -2.27. The van der Waals surface area contributed by atoms with Crippen molar-refractivity contribution < 1.29 is 13.9 Å². The third-order valence-corrected chi connectivity index (χ3v) is 5.40. The number of halogens is 2. The third kappa shape index (κ3) is 4.58. The molecule has 0 radical (unpaired) electrons. The Morgan fingerprint density at radius 1 is 1.30 bits per heavy atom. The van der Waals surface area contributed by atoms with Crippen LogP contribution in [-0.4, -0.2) is 21.7 Å². The van der Waals surface area contributed by atoms with Gasteiger partial charge in [-0.2, -0.15) is 0 Å². The van der Waals surface area contributed by atoms with Crippen molar-refractivity contribution >= 4 is 51.9 Å². The Bertz CT molecular complexity index is 945. The highest BCUT2D eigenvalue weighted by Gasteiger charge is 2.31. The summed E-state index contributed by atoms with van der Waals surface area (Å²) in [6.45, 7) is 4.06. The van der Waals surface area contributed by atoms with Crippen LogP contribution >= 0.6 is 35.6 Å². The molecule has 0 aliphatic carbocycles. The Balaban J connectivity index is 1.86. The van der Waals surface area contributed by atoms with E-state index >= 15 is 0 Å². The predicted octanol–water partition coefficient (Wildman–Crippen LogP) is 5.45. The minimum Gasteiger partial charge on any atom is -0.488 e. The molecule has 138 valence electrons. The number of carbonyl (C=O) groups excluding carboxylic acids is 1. The molecule has 2 aromatic carbocycles. The summed E-state index contributed by atoms with van der Waals surface area (Å²) in [6, 6.07) is 11.5. The summed E-state index contributed by atoms with van der Waals surface area (Å²) in [5.74, 6) is -0.0279. The van der Waals surface area contributed by atoms with Crippen LogP contribution in [0.1, 0.15) is 11.1 Å². The average Bonchev–Trinajstić information content (AvgIpc) is 2.90. The van der Waals surface area contributed by atoms with Gasteiger partial charge in [0, 0.05) is 22.7 Å². The molecular formula is C20H15ClFNO2S2. The lowest BCUT2D eigenvalue weighted by Gasteiger charge is -2.11. The van der Waals surface area contributed by atoms with Gasteiger partial charge >= 0.3 is 0 Å². The number of carbonyl (C=O) groups is 1. The van der Waals surface area contributed by atoms with Gasteiger partial charge in [-0.25, -0.2) is 4.39 Å². The SMILES string of the molecule is C=CCN1C(=O)C(=Cc2cc(Cl)ccc2OCc2ccccc2F)SC1=S. The van der Waals surface area contributed by atoms with Crippen molar-refractivity contribution in [1.82, 2.24) is 4.90 Å². The maximum Gasteiger partial charge on any atom is 0.266 e. The van der Waals surface area contributed by atoms with Crippen molar-refractivity contribution in [2.24, 2.45) is 0 Å². The number of amides is 1. The van der Waals surface area contributed by atoms with Crippen LogP contribution in [-0.2, 0) is 11.4 Å². The highest BCUT2D eigenvalue weighted by atomic mass is 35.5. The van der Waals surface area contributed by atoms with Gasteiger partial charge in [0.1, 0.15) is 22.5 Å². The van der Waals surface area contributed by atoms with Crippen molar-refractivity contribution in [3.8, 4) is 5.75 Å². The lowest BCUT2D eigenvalue weighted by molar-refractivity contribution is -0.121. The van der Waals surface area contributed by atoms with Gasteiger partial charge in [0.05, 0.1) is 4.91 Å². The molecule has 1 heterocycles. The van der Waals surface area contributed by atoms with E-state index in [-0.39, 0.29) is 18.3 Å². The number of nitrogens with zero attached hydrogens (tertiary/aromatic N) is 1. The quantitative estimate of drug-likeness (QED) is 0.354. The molecule has 0 atom stereocenters. The molecule has 1 amide bonds. The fourth-order valence-electron chi connectivity index (χ4n) is 2.46. The molecule has 0 spiro atoms. The summed E-state index contributed by atoms with van der Waals surface area (Å²) in [4.78, 5) is 14.5. The molecule has 0 unspecified atom stereocenters. The van der Waals surface area contributed by atoms with E-state index in [4.69, 9.17) is 28.6 Å². The summed E-state index contributed by atoms with van der Waals surface area (Å²) in [6.07, 6.45) is 3.31. The second kappa shape index (κ2) is 8.69. The second-order valence-corrected chi connectivity index (χ2v) is 7.76. The summed E-state index contributed by atoms with van der Waals surface area (Å²) < 4.78 is 20.1.